The van der Waals surface area contributed by atoms with Crippen molar-refractivity contribution in [2.45, 2.75) is 12.8 Å². The molecule has 1 aliphatic rings. The Bertz CT molecular complexity index is 1290. The summed E-state index contributed by atoms with van der Waals surface area (Å²) in [6.07, 6.45) is 1.15. The molecule has 0 spiro atoms. The van der Waals surface area contributed by atoms with Crippen molar-refractivity contribution < 1.29 is 9.53 Å². The maximum absolute atomic E-state index is 13.1. The number of rotatable bonds is 6. The number of para-hydroxylation sites is 1. The van der Waals surface area contributed by atoms with Crippen LogP contribution in [-0.2, 0) is 11.2 Å². The number of fused-ring (bicyclic) bond motifs is 1. The van der Waals surface area contributed by atoms with E-state index in [1.807, 2.05) is 41.3 Å². The number of nitrogens with zero attached hydrogens (tertiary/aromatic N) is 3. The second kappa shape index (κ2) is 9.77. The van der Waals surface area contributed by atoms with Crippen LogP contribution in [0, 0.1) is 0 Å². The van der Waals surface area contributed by atoms with E-state index < -0.39 is 0 Å². The summed E-state index contributed by atoms with van der Waals surface area (Å²) in [6, 6.07) is 21.9. The van der Waals surface area contributed by atoms with Gasteiger partial charge in [-0.2, -0.15) is 0 Å². The fourth-order valence-corrected chi connectivity index (χ4v) is 4.77. The number of aromatic nitrogens is 2. The number of carbonyl (C=O) groups excluding carboxylic acids is 1. The molecule has 1 fully saturated rings. The lowest BCUT2D eigenvalue weighted by molar-refractivity contribution is -0.131. The van der Waals surface area contributed by atoms with E-state index in [1.54, 1.807) is 13.2 Å². The Kier molecular flexibility index (Phi) is 6.41. The topological polar surface area (TPSA) is 61.5 Å². The molecule has 0 atom stereocenters. The van der Waals surface area contributed by atoms with Gasteiger partial charge in [-0.15, -0.1) is 0 Å². The minimum absolute atomic E-state index is 0.185. The van der Waals surface area contributed by atoms with Crippen LogP contribution in [-0.4, -0.2) is 54.1 Å². The van der Waals surface area contributed by atoms with Gasteiger partial charge in [-0.3, -0.25) is 4.79 Å². The van der Waals surface area contributed by atoms with Crippen LogP contribution in [0.3, 0.4) is 0 Å². The van der Waals surface area contributed by atoms with Crippen molar-refractivity contribution in [3.05, 3.63) is 77.4 Å². The number of piperazine rings is 1. The van der Waals surface area contributed by atoms with E-state index in [9.17, 15) is 4.79 Å². The van der Waals surface area contributed by atoms with Crippen LogP contribution >= 0.6 is 11.6 Å². The average molecular weight is 475 g/mol. The molecule has 0 radical (unpaired) electrons. The molecular weight excluding hydrogens is 448 g/mol. The van der Waals surface area contributed by atoms with E-state index in [0.29, 0.717) is 31.1 Å². The summed E-state index contributed by atoms with van der Waals surface area (Å²) >= 11 is 6.04. The fraction of sp³-hybridized carbons (Fsp3) is 0.259. The second-order valence-corrected chi connectivity index (χ2v) is 8.83. The smallest absolute Gasteiger partial charge is 0.223 e. The van der Waals surface area contributed by atoms with Crippen LogP contribution in [0.15, 0.2) is 66.7 Å². The van der Waals surface area contributed by atoms with E-state index in [-0.39, 0.29) is 5.91 Å². The van der Waals surface area contributed by atoms with E-state index in [0.717, 1.165) is 46.8 Å². The highest BCUT2D eigenvalue weighted by molar-refractivity contribution is 6.29. The highest BCUT2D eigenvalue weighted by Crippen LogP contribution is 2.32. The number of hydrogen-bond acceptors (Lipinski definition) is 4. The van der Waals surface area contributed by atoms with E-state index in [4.69, 9.17) is 16.3 Å². The molecule has 34 heavy (non-hydrogen) atoms. The number of hydrogen-bond donors (Lipinski definition) is 1. The SMILES string of the molecule is COc1ccc(-c2[nH]c3ccccc3c2CCC(=O)N2CCN(c3cccc(Cl)n3)CC2)cc1. The lowest BCUT2D eigenvalue weighted by atomic mass is 10.0. The summed E-state index contributed by atoms with van der Waals surface area (Å²) in [6.45, 7) is 2.88. The van der Waals surface area contributed by atoms with Crippen molar-refractivity contribution in [1.82, 2.24) is 14.9 Å². The van der Waals surface area contributed by atoms with Crippen LogP contribution in [0.2, 0.25) is 5.15 Å². The molecule has 174 valence electrons. The zero-order chi connectivity index (χ0) is 23.5. The number of methoxy groups -OCH3 is 1. The van der Waals surface area contributed by atoms with E-state index in [1.165, 1.54) is 5.56 Å². The normalized spacial score (nSPS) is 13.9. The number of pyridine rings is 1. The number of aryl methyl sites for hydroxylation is 1. The molecule has 1 saturated heterocycles. The van der Waals surface area contributed by atoms with Crippen LogP contribution < -0.4 is 9.64 Å². The molecule has 5 rings (SSSR count). The molecule has 0 saturated carbocycles. The minimum Gasteiger partial charge on any atom is -0.497 e. The molecule has 3 heterocycles. The summed E-state index contributed by atoms with van der Waals surface area (Å²) < 4.78 is 5.31. The molecule has 7 heteroatoms. The van der Waals surface area contributed by atoms with Gasteiger partial charge in [0.2, 0.25) is 5.91 Å². The molecule has 1 N–H and O–H groups in total. The predicted octanol–water partition coefficient (Wildman–Crippen LogP) is 5.17. The van der Waals surface area contributed by atoms with Crippen molar-refractivity contribution in [3.8, 4) is 17.0 Å². The van der Waals surface area contributed by atoms with Gasteiger partial charge in [0, 0.05) is 49.2 Å². The van der Waals surface area contributed by atoms with Crippen LogP contribution in [0.25, 0.3) is 22.2 Å². The number of amides is 1. The molecule has 0 unspecified atom stereocenters. The van der Waals surface area contributed by atoms with Gasteiger partial charge in [-0.05, 0) is 60.0 Å². The zero-order valence-corrected chi connectivity index (χ0v) is 19.9. The Morgan fingerprint density at radius 2 is 1.76 bits per heavy atom. The summed E-state index contributed by atoms with van der Waals surface area (Å²) in [5.41, 5.74) is 4.41. The Hall–Kier alpha value is -3.51. The van der Waals surface area contributed by atoms with Gasteiger partial charge in [0.25, 0.3) is 0 Å². The quantitative estimate of drug-likeness (QED) is 0.391. The Labute approximate surface area is 204 Å². The molecule has 2 aromatic carbocycles. The molecule has 0 aliphatic carbocycles. The van der Waals surface area contributed by atoms with Crippen molar-refractivity contribution in [1.29, 1.82) is 0 Å². The van der Waals surface area contributed by atoms with Crippen molar-refractivity contribution >= 4 is 34.2 Å². The summed E-state index contributed by atoms with van der Waals surface area (Å²) in [5.74, 6) is 1.87. The molecule has 4 aromatic rings. The van der Waals surface area contributed by atoms with Gasteiger partial charge < -0.3 is 19.5 Å². The standard InChI is InChI=1S/C27H27ClN4O2/c1-34-20-11-9-19(10-12-20)27-22(21-5-2-3-6-23(21)29-27)13-14-26(33)32-17-15-31(16-18-32)25-8-4-7-24(28)30-25/h2-12,29H,13-18H2,1H3. The maximum atomic E-state index is 13.1. The first-order chi connectivity index (χ1) is 16.6. The van der Waals surface area contributed by atoms with Gasteiger partial charge in [0.1, 0.15) is 16.7 Å². The number of carbonyl (C=O) groups is 1. The Balaban J connectivity index is 1.29. The highest BCUT2D eigenvalue weighted by Gasteiger charge is 2.23. The molecule has 1 amide bonds. The van der Waals surface area contributed by atoms with Gasteiger partial charge >= 0.3 is 0 Å². The monoisotopic (exact) mass is 474 g/mol. The lowest BCUT2D eigenvalue weighted by Crippen LogP contribution is -2.49. The number of aromatic amines is 1. The Morgan fingerprint density at radius 3 is 2.50 bits per heavy atom. The number of anilines is 1. The zero-order valence-electron chi connectivity index (χ0n) is 19.1. The minimum atomic E-state index is 0.185. The third-order valence-electron chi connectivity index (χ3n) is 6.44. The lowest BCUT2D eigenvalue weighted by Gasteiger charge is -2.35. The largest absolute Gasteiger partial charge is 0.497 e. The molecule has 1 aliphatic heterocycles. The summed E-state index contributed by atoms with van der Waals surface area (Å²) in [5, 5.41) is 1.65. The first kappa shape index (κ1) is 22.3. The first-order valence-corrected chi connectivity index (χ1v) is 11.9. The highest BCUT2D eigenvalue weighted by atomic mass is 35.5. The number of benzene rings is 2. The van der Waals surface area contributed by atoms with Crippen molar-refractivity contribution in [3.63, 3.8) is 0 Å². The third kappa shape index (κ3) is 4.59. The fourth-order valence-electron chi connectivity index (χ4n) is 4.61. The Morgan fingerprint density at radius 1 is 1.00 bits per heavy atom. The molecule has 0 bridgehead atoms. The molecule has 2 aromatic heterocycles. The second-order valence-electron chi connectivity index (χ2n) is 8.44. The third-order valence-corrected chi connectivity index (χ3v) is 6.65. The number of H-pyrrole nitrogens is 1. The number of nitrogens with one attached hydrogen (secondary N) is 1. The van der Waals surface area contributed by atoms with E-state index in [2.05, 4.69) is 39.1 Å². The average Bonchev–Trinajstić information content (AvgIpc) is 3.26. The van der Waals surface area contributed by atoms with Crippen molar-refractivity contribution in [2.75, 3.05) is 38.2 Å². The number of halogens is 1. The maximum Gasteiger partial charge on any atom is 0.223 e. The van der Waals surface area contributed by atoms with Crippen LogP contribution in [0.1, 0.15) is 12.0 Å². The van der Waals surface area contributed by atoms with Gasteiger partial charge in [-0.1, -0.05) is 35.9 Å². The van der Waals surface area contributed by atoms with Crippen LogP contribution in [0.4, 0.5) is 5.82 Å². The van der Waals surface area contributed by atoms with E-state index >= 15 is 0 Å². The van der Waals surface area contributed by atoms with Gasteiger partial charge in [0.15, 0.2) is 0 Å². The molecule has 6 nitrogen and oxygen atoms in total. The van der Waals surface area contributed by atoms with Gasteiger partial charge in [-0.25, -0.2) is 4.98 Å². The summed E-state index contributed by atoms with van der Waals surface area (Å²) in [7, 11) is 1.67. The van der Waals surface area contributed by atoms with Crippen molar-refractivity contribution in [2.24, 2.45) is 0 Å². The first-order valence-electron chi connectivity index (χ1n) is 11.5. The molecular formula is C27H27ClN4O2. The van der Waals surface area contributed by atoms with Gasteiger partial charge in [0.05, 0.1) is 7.11 Å². The van der Waals surface area contributed by atoms with Crippen LogP contribution in [0.5, 0.6) is 5.75 Å². The predicted molar refractivity (Wildman–Crippen MR) is 137 cm³/mol. The summed E-state index contributed by atoms with van der Waals surface area (Å²) in [4.78, 5) is 25.2. The number of ether oxygens (including phenoxy) is 1.